The first-order valence-electron chi connectivity index (χ1n) is 5.56. The van der Waals surface area contributed by atoms with Gasteiger partial charge in [-0.25, -0.2) is 0 Å². The second-order valence-electron chi connectivity index (χ2n) is 3.75. The summed E-state index contributed by atoms with van der Waals surface area (Å²) >= 11 is 0.751. The van der Waals surface area contributed by atoms with E-state index in [9.17, 15) is 9.18 Å². The van der Waals surface area contributed by atoms with Gasteiger partial charge in [0.1, 0.15) is 0 Å². The van der Waals surface area contributed by atoms with Gasteiger partial charge < -0.3 is 0 Å². The fraction of sp³-hybridized carbons (Fsp3) is 0.0714. The van der Waals surface area contributed by atoms with Crippen LogP contribution in [0, 0.1) is 5.82 Å². The van der Waals surface area contributed by atoms with Crippen molar-refractivity contribution in [3.63, 3.8) is 0 Å². The molecule has 0 fully saturated rings. The van der Waals surface area contributed by atoms with Gasteiger partial charge in [-0.05, 0) is 0 Å². The van der Waals surface area contributed by atoms with Gasteiger partial charge in [0.05, 0.1) is 0 Å². The molecule has 5 heteroatoms. The van der Waals surface area contributed by atoms with Crippen LogP contribution in [0.2, 0.25) is 4.22 Å². The van der Waals surface area contributed by atoms with E-state index < -0.39 is 5.91 Å². The van der Waals surface area contributed by atoms with Crippen molar-refractivity contribution in [2.45, 2.75) is 4.22 Å². The summed E-state index contributed by atoms with van der Waals surface area (Å²) in [4.78, 5) is 10.9. The molecule has 0 aliphatic heterocycles. The molecule has 2 aromatic carbocycles. The fourth-order valence-corrected chi connectivity index (χ4v) is 7.09. The van der Waals surface area contributed by atoms with Gasteiger partial charge in [0.25, 0.3) is 0 Å². The zero-order valence-electron chi connectivity index (χ0n) is 10.0. The fourth-order valence-electron chi connectivity index (χ4n) is 1.41. The Morgan fingerprint density at radius 3 is 1.89 bits per heavy atom. The molecule has 98 valence electrons. The van der Waals surface area contributed by atoms with E-state index in [1.807, 2.05) is 24.3 Å². The SMILES string of the molecule is NC(=O)c1ccc([Se]C[Se]c2ccc(F)cc2)cc1. The molecule has 0 bridgehead atoms. The van der Waals surface area contributed by atoms with E-state index in [2.05, 4.69) is 0 Å². The molecule has 0 aromatic heterocycles. The predicted molar refractivity (Wildman–Crippen MR) is 76.9 cm³/mol. The van der Waals surface area contributed by atoms with E-state index in [1.165, 1.54) is 21.1 Å². The number of rotatable bonds is 5. The Labute approximate surface area is 123 Å². The first-order valence-corrected chi connectivity index (χ1v) is 9.70. The van der Waals surface area contributed by atoms with Gasteiger partial charge in [0, 0.05) is 0 Å². The minimum absolute atomic E-state index is 0.188. The number of halogens is 1. The second kappa shape index (κ2) is 6.88. The molecule has 0 aliphatic rings. The molecule has 2 N–H and O–H groups in total. The summed E-state index contributed by atoms with van der Waals surface area (Å²) in [5, 5.41) is 0. The number of hydrogen-bond acceptors (Lipinski definition) is 1. The molecule has 0 unspecified atom stereocenters. The van der Waals surface area contributed by atoms with Crippen molar-refractivity contribution in [2.24, 2.45) is 5.73 Å². The zero-order valence-corrected chi connectivity index (χ0v) is 13.4. The Balaban J connectivity index is 1.85. The van der Waals surface area contributed by atoms with E-state index in [4.69, 9.17) is 5.73 Å². The molecule has 0 saturated carbocycles. The average Bonchev–Trinajstić information content (AvgIpc) is 2.41. The number of primary amides is 1. The van der Waals surface area contributed by atoms with Crippen molar-refractivity contribution in [1.29, 1.82) is 0 Å². The monoisotopic (exact) mass is 389 g/mol. The van der Waals surface area contributed by atoms with Crippen molar-refractivity contribution >= 4 is 44.7 Å². The Morgan fingerprint density at radius 1 is 0.947 bits per heavy atom. The van der Waals surface area contributed by atoms with Gasteiger partial charge in [0.15, 0.2) is 0 Å². The van der Waals surface area contributed by atoms with Crippen LogP contribution in [0.3, 0.4) is 0 Å². The topological polar surface area (TPSA) is 43.1 Å². The molecule has 0 spiro atoms. The maximum absolute atomic E-state index is 12.7. The third-order valence-electron chi connectivity index (χ3n) is 2.40. The Bertz CT molecular complexity index is 555. The van der Waals surface area contributed by atoms with E-state index in [0.29, 0.717) is 35.5 Å². The van der Waals surface area contributed by atoms with Crippen molar-refractivity contribution in [3.8, 4) is 0 Å². The number of nitrogens with two attached hydrogens (primary N) is 1. The molecule has 0 atom stereocenters. The number of carbonyl (C=O) groups excluding carboxylic acids is 1. The van der Waals surface area contributed by atoms with Crippen molar-refractivity contribution in [2.75, 3.05) is 0 Å². The van der Waals surface area contributed by atoms with Crippen molar-refractivity contribution in [1.82, 2.24) is 0 Å². The zero-order chi connectivity index (χ0) is 13.7. The molecule has 1 amide bonds. The summed E-state index contributed by atoms with van der Waals surface area (Å²) in [5.74, 6) is -0.582. The Hall–Kier alpha value is -1.12. The van der Waals surface area contributed by atoms with Gasteiger partial charge in [-0.15, -0.1) is 0 Å². The summed E-state index contributed by atoms with van der Waals surface area (Å²) < 4.78 is 16.3. The summed E-state index contributed by atoms with van der Waals surface area (Å²) in [7, 11) is 0. The molecular formula is C14H12FNOSe2. The van der Waals surface area contributed by atoms with Crippen LogP contribution in [-0.4, -0.2) is 35.8 Å². The molecule has 2 rings (SSSR count). The quantitative estimate of drug-likeness (QED) is 0.753. The predicted octanol–water partition coefficient (Wildman–Crippen LogP) is 0.660. The van der Waals surface area contributed by atoms with Crippen molar-refractivity contribution in [3.05, 3.63) is 59.9 Å². The van der Waals surface area contributed by atoms with Gasteiger partial charge in [0.2, 0.25) is 0 Å². The van der Waals surface area contributed by atoms with Crippen LogP contribution in [0.5, 0.6) is 0 Å². The van der Waals surface area contributed by atoms with Crippen molar-refractivity contribution < 1.29 is 9.18 Å². The van der Waals surface area contributed by atoms with E-state index >= 15 is 0 Å². The van der Waals surface area contributed by atoms with Crippen LogP contribution < -0.4 is 14.7 Å². The molecule has 2 aromatic rings. The van der Waals surface area contributed by atoms with Crippen LogP contribution in [-0.2, 0) is 0 Å². The van der Waals surface area contributed by atoms with Gasteiger partial charge >= 0.3 is 124 Å². The normalized spacial score (nSPS) is 10.4. The molecular weight excluding hydrogens is 375 g/mol. The van der Waals surface area contributed by atoms with E-state index in [-0.39, 0.29) is 5.82 Å². The number of hydrogen-bond donors (Lipinski definition) is 1. The standard InChI is InChI=1S/C14H12FNOSe2/c15-11-3-7-13(8-4-11)19-9-18-12-5-1-10(2-6-12)14(16)17/h1-8H,9H2,(H2,16,17). The van der Waals surface area contributed by atoms with E-state index in [1.54, 1.807) is 12.1 Å². The third-order valence-corrected chi connectivity index (χ3v) is 8.01. The molecule has 2 nitrogen and oxygen atoms in total. The summed E-state index contributed by atoms with van der Waals surface area (Å²) in [6.07, 6.45) is 0. The first kappa shape index (κ1) is 14.3. The summed E-state index contributed by atoms with van der Waals surface area (Å²) in [6.45, 7) is 0. The van der Waals surface area contributed by atoms with E-state index in [0.717, 1.165) is 4.22 Å². The van der Waals surface area contributed by atoms with Crippen LogP contribution in [0.25, 0.3) is 0 Å². The van der Waals surface area contributed by atoms with Gasteiger partial charge in [-0.3, -0.25) is 0 Å². The molecule has 19 heavy (non-hydrogen) atoms. The second-order valence-corrected chi connectivity index (χ2v) is 10.0. The molecule has 0 saturated heterocycles. The molecule has 0 radical (unpaired) electrons. The first-order chi connectivity index (χ1) is 9.15. The average molecular weight is 387 g/mol. The maximum atomic E-state index is 12.7. The van der Waals surface area contributed by atoms with Crippen LogP contribution in [0.4, 0.5) is 4.39 Å². The van der Waals surface area contributed by atoms with Crippen LogP contribution in [0.15, 0.2) is 48.5 Å². The Kier molecular flexibility index (Phi) is 5.17. The minimum atomic E-state index is -0.394. The number of benzene rings is 2. The third kappa shape index (κ3) is 4.48. The van der Waals surface area contributed by atoms with Gasteiger partial charge in [-0.1, -0.05) is 0 Å². The summed E-state index contributed by atoms with van der Waals surface area (Å²) in [6, 6.07) is 14.2. The van der Waals surface area contributed by atoms with Crippen LogP contribution in [0.1, 0.15) is 10.4 Å². The number of amides is 1. The molecule has 0 aliphatic carbocycles. The van der Waals surface area contributed by atoms with Crippen LogP contribution >= 0.6 is 0 Å². The number of carbonyl (C=O) groups is 1. The van der Waals surface area contributed by atoms with Gasteiger partial charge in [-0.2, -0.15) is 0 Å². The Morgan fingerprint density at radius 2 is 1.42 bits per heavy atom. The summed E-state index contributed by atoms with van der Waals surface area (Å²) in [5.41, 5.74) is 5.74. The molecule has 0 heterocycles.